The van der Waals surface area contributed by atoms with Crippen molar-refractivity contribution >= 4 is 0 Å². The summed E-state index contributed by atoms with van der Waals surface area (Å²) in [5.74, 6) is 0.0585. The minimum absolute atomic E-state index is 0.0917. The van der Waals surface area contributed by atoms with E-state index in [9.17, 15) is 0 Å². The van der Waals surface area contributed by atoms with Crippen LogP contribution in [0.1, 0.15) is 27.2 Å². The van der Waals surface area contributed by atoms with E-state index in [1.165, 1.54) is 0 Å². The fourth-order valence-electron chi connectivity index (χ4n) is 2.12. The number of aliphatic hydroxyl groups is 1. The first kappa shape index (κ1) is 9.44. The minimum Gasteiger partial charge on any atom is -0.396 e. The molecule has 2 fully saturated rings. The second-order valence-corrected chi connectivity index (χ2v) is 4.99. The minimum atomic E-state index is -0.427. The van der Waals surface area contributed by atoms with Crippen molar-refractivity contribution in [2.75, 3.05) is 13.2 Å². The lowest BCUT2D eigenvalue weighted by Crippen LogP contribution is -2.24. The zero-order chi connectivity index (χ0) is 9.69. The molecule has 76 valence electrons. The quantitative estimate of drug-likeness (QED) is 0.703. The lowest BCUT2D eigenvalue weighted by atomic mass is 10.1. The van der Waals surface area contributed by atoms with Crippen molar-refractivity contribution < 1.29 is 14.6 Å². The van der Waals surface area contributed by atoms with Crippen LogP contribution < -0.4 is 0 Å². The van der Waals surface area contributed by atoms with E-state index >= 15 is 0 Å². The maximum atomic E-state index is 9.13. The van der Waals surface area contributed by atoms with Crippen LogP contribution in [0, 0.1) is 11.3 Å². The summed E-state index contributed by atoms with van der Waals surface area (Å²) in [4.78, 5) is 0. The summed E-state index contributed by atoms with van der Waals surface area (Å²) < 4.78 is 11.2. The number of hydrogen-bond donors (Lipinski definition) is 1. The van der Waals surface area contributed by atoms with Crippen LogP contribution in [0.15, 0.2) is 0 Å². The summed E-state index contributed by atoms with van der Waals surface area (Å²) in [6, 6.07) is 0. The van der Waals surface area contributed by atoms with E-state index < -0.39 is 5.79 Å². The van der Waals surface area contributed by atoms with Crippen LogP contribution in [0.4, 0.5) is 0 Å². The average Bonchev–Trinajstić information content (AvgIpc) is 2.60. The Bertz CT molecular complexity index is 214. The first-order chi connectivity index (χ1) is 5.97. The van der Waals surface area contributed by atoms with Crippen molar-refractivity contribution in [3.63, 3.8) is 0 Å². The smallest absolute Gasteiger partial charge is 0.163 e. The van der Waals surface area contributed by atoms with Gasteiger partial charge in [0.1, 0.15) is 0 Å². The molecule has 0 aromatic carbocycles. The van der Waals surface area contributed by atoms with E-state index in [4.69, 9.17) is 14.6 Å². The van der Waals surface area contributed by atoms with E-state index in [1.54, 1.807) is 0 Å². The molecule has 2 rings (SSSR count). The van der Waals surface area contributed by atoms with Crippen LogP contribution in [0.25, 0.3) is 0 Å². The van der Waals surface area contributed by atoms with Gasteiger partial charge < -0.3 is 14.6 Å². The molecule has 2 aliphatic rings. The fraction of sp³-hybridized carbons (Fsp3) is 1.00. The molecule has 1 heterocycles. The first-order valence-corrected chi connectivity index (χ1v) is 4.89. The summed E-state index contributed by atoms with van der Waals surface area (Å²) >= 11 is 0. The monoisotopic (exact) mass is 186 g/mol. The van der Waals surface area contributed by atoms with Gasteiger partial charge in [-0.1, -0.05) is 6.92 Å². The molecular formula is C10H18O3. The van der Waals surface area contributed by atoms with E-state index in [1.807, 2.05) is 13.8 Å². The molecule has 3 nitrogen and oxygen atoms in total. The Morgan fingerprint density at radius 3 is 2.46 bits per heavy atom. The Morgan fingerprint density at radius 1 is 1.38 bits per heavy atom. The summed E-state index contributed by atoms with van der Waals surface area (Å²) in [5.41, 5.74) is 0.0917. The van der Waals surface area contributed by atoms with Crippen LogP contribution in [-0.4, -0.2) is 30.2 Å². The van der Waals surface area contributed by atoms with Crippen LogP contribution in [0.2, 0.25) is 0 Å². The largest absolute Gasteiger partial charge is 0.396 e. The molecule has 0 radical (unpaired) electrons. The highest BCUT2D eigenvalue weighted by atomic mass is 16.7. The molecule has 1 saturated heterocycles. The van der Waals surface area contributed by atoms with Gasteiger partial charge in [-0.15, -0.1) is 0 Å². The molecule has 13 heavy (non-hydrogen) atoms. The zero-order valence-corrected chi connectivity index (χ0v) is 8.54. The van der Waals surface area contributed by atoms with Gasteiger partial charge in [-0.25, -0.2) is 0 Å². The third-order valence-corrected chi connectivity index (χ3v) is 3.26. The molecule has 0 bridgehead atoms. The van der Waals surface area contributed by atoms with Crippen LogP contribution in [0.5, 0.6) is 0 Å². The molecule has 1 saturated carbocycles. The van der Waals surface area contributed by atoms with Crippen LogP contribution in [-0.2, 0) is 9.47 Å². The van der Waals surface area contributed by atoms with Gasteiger partial charge in [0.2, 0.25) is 0 Å². The zero-order valence-electron chi connectivity index (χ0n) is 8.54. The molecule has 1 aliphatic carbocycles. The molecule has 3 atom stereocenters. The van der Waals surface area contributed by atoms with Crippen molar-refractivity contribution in [1.82, 2.24) is 0 Å². The van der Waals surface area contributed by atoms with Gasteiger partial charge in [-0.2, -0.15) is 0 Å². The maximum absolute atomic E-state index is 9.13. The molecule has 3 unspecified atom stereocenters. The van der Waals surface area contributed by atoms with Gasteiger partial charge in [-0.05, 0) is 31.6 Å². The van der Waals surface area contributed by atoms with Crippen molar-refractivity contribution in [1.29, 1.82) is 0 Å². The predicted octanol–water partition coefficient (Wildman–Crippen LogP) is 1.16. The normalized spacial score (nSPS) is 48.0. The van der Waals surface area contributed by atoms with E-state index in [0.29, 0.717) is 12.5 Å². The summed E-state index contributed by atoms with van der Waals surface area (Å²) in [7, 11) is 0. The molecule has 0 aromatic heterocycles. The summed E-state index contributed by atoms with van der Waals surface area (Å²) in [5, 5.41) is 9.13. The van der Waals surface area contributed by atoms with Crippen molar-refractivity contribution in [3.05, 3.63) is 0 Å². The number of aliphatic hydroxyl groups excluding tert-OH is 1. The standard InChI is InChI=1S/C10H18O3/c1-9(2)12-5-8(13-9)7-4-10(7,3)6-11/h7-8,11H,4-6H2,1-3H3. The Labute approximate surface area is 79.0 Å². The van der Waals surface area contributed by atoms with Crippen LogP contribution in [0.3, 0.4) is 0 Å². The molecule has 0 amide bonds. The molecule has 1 aliphatic heterocycles. The Hall–Kier alpha value is -0.120. The van der Waals surface area contributed by atoms with Crippen molar-refractivity contribution in [2.45, 2.75) is 39.1 Å². The Kier molecular flexibility index (Phi) is 1.95. The Morgan fingerprint density at radius 2 is 2.08 bits per heavy atom. The molecule has 3 heteroatoms. The third kappa shape index (κ3) is 1.60. The number of ether oxygens (including phenoxy) is 2. The molecule has 0 spiro atoms. The van der Waals surface area contributed by atoms with Gasteiger partial charge in [0.05, 0.1) is 12.7 Å². The number of rotatable bonds is 2. The van der Waals surface area contributed by atoms with Crippen molar-refractivity contribution in [3.8, 4) is 0 Å². The fourth-order valence-corrected chi connectivity index (χ4v) is 2.12. The van der Waals surface area contributed by atoms with E-state index in [2.05, 4.69) is 6.92 Å². The van der Waals surface area contributed by atoms with E-state index in [0.717, 1.165) is 6.42 Å². The second-order valence-electron chi connectivity index (χ2n) is 4.99. The molecule has 0 aromatic rings. The summed E-state index contributed by atoms with van der Waals surface area (Å²) in [6.07, 6.45) is 1.25. The Balaban J connectivity index is 1.93. The van der Waals surface area contributed by atoms with Gasteiger partial charge >= 0.3 is 0 Å². The predicted molar refractivity (Wildman–Crippen MR) is 48.2 cm³/mol. The highest BCUT2D eigenvalue weighted by molar-refractivity contribution is 5.03. The topological polar surface area (TPSA) is 38.7 Å². The maximum Gasteiger partial charge on any atom is 0.163 e. The average molecular weight is 186 g/mol. The van der Waals surface area contributed by atoms with E-state index in [-0.39, 0.29) is 18.1 Å². The molecular weight excluding hydrogens is 168 g/mol. The van der Waals surface area contributed by atoms with Gasteiger partial charge in [0.15, 0.2) is 5.79 Å². The summed E-state index contributed by atoms with van der Waals surface area (Å²) in [6.45, 7) is 6.91. The second kappa shape index (κ2) is 2.69. The number of hydrogen-bond acceptors (Lipinski definition) is 3. The van der Waals surface area contributed by atoms with Gasteiger partial charge in [0, 0.05) is 6.61 Å². The SMILES string of the molecule is CC1(C)OCC(C2CC2(C)CO)O1. The van der Waals surface area contributed by atoms with Crippen molar-refractivity contribution in [2.24, 2.45) is 11.3 Å². The first-order valence-electron chi connectivity index (χ1n) is 4.89. The highest BCUT2D eigenvalue weighted by Gasteiger charge is 2.56. The van der Waals surface area contributed by atoms with Gasteiger partial charge in [-0.3, -0.25) is 0 Å². The third-order valence-electron chi connectivity index (χ3n) is 3.26. The molecule has 1 N–H and O–H groups in total. The highest BCUT2D eigenvalue weighted by Crippen LogP contribution is 2.56. The lowest BCUT2D eigenvalue weighted by molar-refractivity contribution is -0.141. The van der Waals surface area contributed by atoms with Crippen LogP contribution >= 0.6 is 0 Å². The lowest BCUT2D eigenvalue weighted by Gasteiger charge is -2.18. The van der Waals surface area contributed by atoms with Gasteiger partial charge in [0.25, 0.3) is 0 Å².